The van der Waals surface area contributed by atoms with Crippen LogP contribution in [0.3, 0.4) is 0 Å². The van der Waals surface area contributed by atoms with E-state index in [4.69, 9.17) is 10.2 Å². The number of aliphatic hydroxyl groups excluding tert-OH is 2. The van der Waals surface area contributed by atoms with E-state index in [-0.39, 0.29) is 19.3 Å². The lowest BCUT2D eigenvalue weighted by molar-refractivity contribution is 0.170. The molecule has 1 aromatic rings. The van der Waals surface area contributed by atoms with Crippen LogP contribution < -0.4 is 5.32 Å². The Morgan fingerprint density at radius 1 is 1.18 bits per heavy atom. The average Bonchev–Trinajstić information content (AvgIpc) is 2.32. The van der Waals surface area contributed by atoms with Crippen molar-refractivity contribution in [2.45, 2.75) is 39.3 Å². The molecular weight excluding hydrogens is 214 g/mol. The summed E-state index contributed by atoms with van der Waals surface area (Å²) in [4.78, 5) is 0. The van der Waals surface area contributed by atoms with Gasteiger partial charge in [-0.25, -0.2) is 0 Å². The third-order valence-electron chi connectivity index (χ3n) is 3.06. The monoisotopic (exact) mass is 237 g/mol. The molecule has 0 bridgehead atoms. The number of rotatable bonds is 6. The molecule has 0 atom stereocenters. The van der Waals surface area contributed by atoms with Crippen molar-refractivity contribution in [1.82, 2.24) is 5.32 Å². The van der Waals surface area contributed by atoms with Crippen LogP contribution in [0.15, 0.2) is 18.2 Å². The maximum Gasteiger partial charge on any atom is 0.0607 e. The highest BCUT2D eigenvalue weighted by Crippen LogP contribution is 2.18. The van der Waals surface area contributed by atoms with Gasteiger partial charge in [-0.15, -0.1) is 0 Å². The fraction of sp³-hybridized carbons (Fsp3) is 0.571. The molecule has 17 heavy (non-hydrogen) atoms. The number of aryl methyl sites for hydroxylation is 1. The van der Waals surface area contributed by atoms with Crippen LogP contribution in [0.2, 0.25) is 0 Å². The summed E-state index contributed by atoms with van der Waals surface area (Å²) in [6.07, 6.45) is 0. The molecule has 1 rings (SSSR count). The van der Waals surface area contributed by atoms with Gasteiger partial charge in [-0.1, -0.05) is 32.0 Å². The Balaban J connectivity index is 2.72. The summed E-state index contributed by atoms with van der Waals surface area (Å²) in [6, 6.07) is 6.23. The fourth-order valence-corrected chi connectivity index (χ4v) is 1.68. The van der Waals surface area contributed by atoms with Gasteiger partial charge in [0.2, 0.25) is 0 Å². The molecule has 0 heterocycles. The number of hydrogen-bond acceptors (Lipinski definition) is 3. The van der Waals surface area contributed by atoms with Gasteiger partial charge in [0, 0.05) is 6.54 Å². The van der Waals surface area contributed by atoms with Gasteiger partial charge in [-0.3, -0.25) is 0 Å². The van der Waals surface area contributed by atoms with Crippen molar-refractivity contribution in [3.63, 3.8) is 0 Å². The van der Waals surface area contributed by atoms with Crippen molar-refractivity contribution in [3.05, 3.63) is 34.9 Å². The van der Waals surface area contributed by atoms with Crippen LogP contribution in [0.25, 0.3) is 0 Å². The predicted octanol–water partition coefficient (Wildman–Crippen LogP) is 1.56. The van der Waals surface area contributed by atoms with Crippen LogP contribution in [0.4, 0.5) is 0 Å². The van der Waals surface area contributed by atoms with E-state index in [1.54, 1.807) is 0 Å². The maximum absolute atomic E-state index is 8.99. The Morgan fingerprint density at radius 2 is 1.82 bits per heavy atom. The molecule has 3 heteroatoms. The topological polar surface area (TPSA) is 52.5 Å². The molecule has 0 aliphatic rings. The Hall–Kier alpha value is -0.900. The predicted molar refractivity (Wildman–Crippen MR) is 70.1 cm³/mol. The smallest absolute Gasteiger partial charge is 0.0607 e. The first-order chi connectivity index (χ1) is 8.08. The molecule has 0 saturated carbocycles. The largest absolute Gasteiger partial charge is 0.395 e. The lowest BCUT2D eigenvalue weighted by atomic mass is 9.98. The quantitative estimate of drug-likeness (QED) is 0.704. The molecule has 0 amide bonds. The first-order valence-corrected chi connectivity index (χ1v) is 6.13. The summed E-state index contributed by atoms with van der Waals surface area (Å²) in [7, 11) is 0. The molecule has 96 valence electrons. The Kier molecular flexibility index (Phi) is 5.62. The third kappa shape index (κ3) is 4.11. The molecule has 0 unspecified atom stereocenters. The normalized spacial score (nSPS) is 11.5. The van der Waals surface area contributed by atoms with Crippen molar-refractivity contribution in [2.24, 2.45) is 0 Å². The van der Waals surface area contributed by atoms with Gasteiger partial charge in [0.15, 0.2) is 0 Å². The van der Waals surface area contributed by atoms with Crippen LogP contribution in [0.1, 0.15) is 36.5 Å². The van der Waals surface area contributed by atoms with E-state index in [1.807, 2.05) is 0 Å². The zero-order chi connectivity index (χ0) is 12.8. The number of nitrogens with one attached hydrogen (secondary N) is 1. The second-order valence-electron chi connectivity index (χ2n) is 4.78. The fourth-order valence-electron chi connectivity index (χ4n) is 1.68. The molecule has 0 aliphatic heterocycles. The van der Waals surface area contributed by atoms with Gasteiger partial charge in [0.1, 0.15) is 0 Å². The molecule has 0 saturated heterocycles. The van der Waals surface area contributed by atoms with Crippen LogP contribution in [-0.2, 0) is 6.54 Å². The second-order valence-corrected chi connectivity index (χ2v) is 4.78. The maximum atomic E-state index is 8.99. The summed E-state index contributed by atoms with van der Waals surface area (Å²) in [5, 5.41) is 21.1. The number of hydrogen-bond donors (Lipinski definition) is 3. The Bertz CT molecular complexity index is 346. The summed E-state index contributed by atoms with van der Waals surface area (Å²) in [6.45, 7) is 7.02. The van der Waals surface area contributed by atoms with E-state index in [1.165, 1.54) is 16.7 Å². The van der Waals surface area contributed by atoms with E-state index in [0.29, 0.717) is 12.5 Å². The highest BCUT2D eigenvalue weighted by atomic mass is 16.3. The van der Waals surface area contributed by atoms with E-state index >= 15 is 0 Å². The van der Waals surface area contributed by atoms with Gasteiger partial charge in [0.25, 0.3) is 0 Å². The molecule has 0 radical (unpaired) electrons. The van der Waals surface area contributed by atoms with Crippen LogP contribution in [-0.4, -0.2) is 29.5 Å². The van der Waals surface area contributed by atoms with Crippen molar-refractivity contribution >= 4 is 0 Å². The second kappa shape index (κ2) is 6.74. The Morgan fingerprint density at radius 3 is 2.35 bits per heavy atom. The minimum Gasteiger partial charge on any atom is -0.395 e. The average molecular weight is 237 g/mol. The highest BCUT2D eigenvalue weighted by molar-refractivity contribution is 5.32. The molecule has 1 aromatic carbocycles. The summed E-state index contributed by atoms with van der Waals surface area (Å²) in [5.74, 6) is 0.515. The lowest BCUT2D eigenvalue weighted by Crippen LogP contribution is -2.35. The molecule has 0 spiro atoms. The number of aliphatic hydroxyl groups is 2. The molecule has 0 fully saturated rings. The molecule has 3 nitrogen and oxygen atoms in total. The van der Waals surface area contributed by atoms with E-state index in [9.17, 15) is 0 Å². The van der Waals surface area contributed by atoms with Crippen molar-refractivity contribution < 1.29 is 10.2 Å². The van der Waals surface area contributed by atoms with Crippen LogP contribution >= 0.6 is 0 Å². The molecule has 0 aliphatic carbocycles. The molecular formula is C14H23NO2. The van der Waals surface area contributed by atoms with E-state index < -0.39 is 0 Å². The first kappa shape index (κ1) is 14.2. The van der Waals surface area contributed by atoms with Gasteiger partial charge < -0.3 is 15.5 Å². The van der Waals surface area contributed by atoms with E-state index in [2.05, 4.69) is 44.3 Å². The van der Waals surface area contributed by atoms with E-state index in [0.717, 1.165) is 0 Å². The lowest BCUT2D eigenvalue weighted by Gasteiger charge is -2.16. The van der Waals surface area contributed by atoms with Gasteiger partial charge in [-0.05, 0) is 29.5 Å². The molecule has 0 aromatic heterocycles. The van der Waals surface area contributed by atoms with Crippen molar-refractivity contribution in [3.8, 4) is 0 Å². The SMILES string of the molecule is Cc1ccc(C(C)C)cc1CNC(CO)CO. The number of benzene rings is 1. The summed E-state index contributed by atoms with van der Waals surface area (Å²) < 4.78 is 0. The van der Waals surface area contributed by atoms with Crippen LogP contribution in [0.5, 0.6) is 0 Å². The van der Waals surface area contributed by atoms with Crippen molar-refractivity contribution in [2.75, 3.05) is 13.2 Å². The molecule has 3 N–H and O–H groups in total. The first-order valence-electron chi connectivity index (χ1n) is 6.13. The standard InChI is InChI=1S/C14H23NO2/c1-10(2)12-5-4-11(3)13(6-12)7-15-14(8-16)9-17/h4-6,10,14-17H,7-9H2,1-3H3. The third-order valence-corrected chi connectivity index (χ3v) is 3.06. The van der Waals surface area contributed by atoms with Crippen LogP contribution in [0, 0.1) is 6.92 Å². The summed E-state index contributed by atoms with van der Waals surface area (Å²) >= 11 is 0. The van der Waals surface area contributed by atoms with Gasteiger partial charge >= 0.3 is 0 Å². The highest BCUT2D eigenvalue weighted by Gasteiger charge is 2.07. The minimum absolute atomic E-state index is 0.0422. The minimum atomic E-state index is -0.239. The van der Waals surface area contributed by atoms with Gasteiger partial charge in [0.05, 0.1) is 19.3 Å². The van der Waals surface area contributed by atoms with Gasteiger partial charge in [-0.2, -0.15) is 0 Å². The summed E-state index contributed by atoms with van der Waals surface area (Å²) in [5.41, 5.74) is 3.77. The zero-order valence-electron chi connectivity index (χ0n) is 10.9. The Labute approximate surface area is 103 Å². The zero-order valence-corrected chi connectivity index (χ0v) is 10.9. The van der Waals surface area contributed by atoms with Crippen molar-refractivity contribution in [1.29, 1.82) is 0 Å².